The zero-order valence-electron chi connectivity index (χ0n) is 12.6. The molecular weight excluding hydrogens is 284 g/mol. The van der Waals surface area contributed by atoms with E-state index in [1.54, 1.807) is 0 Å². The van der Waals surface area contributed by atoms with Crippen molar-refractivity contribution < 1.29 is 4.74 Å². The molecule has 0 fully saturated rings. The predicted octanol–water partition coefficient (Wildman–Crippen LogP) is 3.15. The summed E-state index contributed by atoms with van der Waals surface area (Å²) >= 11 is 1.53. The normalized spacial score (nSPS) is 10.6. The molecular formula is C15H20N4OS. The number of rotatable bonds is 6. The van der Waals surface area contributed by atoms with Crippen molar-refractivity contribution in [1.29, 1.82) is 0 Å². The smallest absolute Gasteiger partial charge is 0.322 e. The van der Waals surface area contributed by atoms with E-state index in [-0.39, 0.29) is 5.95 Å². The number of anilines is 1. The third kappa shape index (κ3) is 4.90. The van der Waals surface area contributed by atoms with Crippen molar-refractivity contribution in [2.24, 2.45) is 0 Å². The molecule has 0 spiro atoms. The second-order valence-corrected chi connectivity index (χ2v) is 5.83. The van der Waals surface area contributed by atoms with E-state index in [0.717, 1.165) is 12.2 Å². The van der Waals surface area contributed by atoms with Gasteiger partial charge in [0.25, 0.3) is 0 Å². The SMILES string of the molecule is CCCOc1nc(N)nc(SCc2cc(C)cc(C)c2)n1. The Morgan fingerprint density at radius 2 is 1.81 bits per heavy atom. The molecule has 5 nitrogen and oxygen atoms in total. The van der Waals surface area contributed by atoms with Crippen molar-refractivity contribution in [2.45, 2.75) is 38.1 Å². The van der Waals surface area contributed by atoms with Crippen LogP contribution in [0.4, 0.5) is 5.95 Å². The third-order valence-electron chi connectivity index (χ3n) is 2.70. The van der Waals surface area contributed by atoms with Gasteiger partial charge in [0.2, 0.25) is 5.95 Å². The van der Waals surface area contributed by atoms with Crippen molar-refractivity contribution in [2.75, 3.05) is 12.3 Å². The lowest BCUT2D eigenvalue weighted by Gasteiger charge is -2.06. The van der Waals surface area contributed by atoms with Gasteiger partial charge in [-0.25, -0.2) is 0 Å². The van der Waals surface area contributed by atoms with Gasteiger partial charge in [0, 0.05) is 5.75 Å². The van der Waals surface area contributed by atoms with Gasteiger partial charge in [-0.15, -0.1) is 0 Å². The molecule has 1 aromatic carbocycles. The third-order valence-corrected chi connectivity index (χ3v) is 3.61. The van der Waals surface area contributed by atoms with E-state index in [0.29, 0.717) is 17.8 Å². The van der Waals surface area contributed by atoms with Crippen molar-refractivity contribution >= 4 is 17.7 Å². The van der Waals surface area contributed by atoms with Gasteiger partial charge < -0.3 is 10.5 Å². The molecule has 0 atom stereocenters. The van der Waals surface area contributed by atoms with Gasteiger partial charge in [-0.1, -0.05) is 48.0 Å². The molecule has 0 saturated carbocycles. The number of benzene rings is 1. The van der Waals surface area contributed by atoms with E-state index in [2.05, 4.69) is 47.0 Å². The fraction of sp³-hybridized carbons (Fsp3) is 0.400. The van der Waals surface area contributed by atoms with Crippen LogP contribution in [0.25, 0.3) is 0 Å². The highest BCUT2D eigenvalue weighted by Crippen LogP contribution is 2.22. The van der Waals surface area contributed by atoms with E-state index in [1.165, 1.54) is 28.5 Å². The molecule has 2 N–H and O–H groups in total. The number of aryl methyl sites for hydroxylation is 2. The van der Waals surface area contributed by atoms with Crippen molar-refractivity contribution in [3.63, 3.8) is 0 Å². The maximum absolute atomic E-state index is 5.69. The fourth-order valence-corrected chi connectivity index (χ4v) is 2.74. The summed E-state index contributed by atoms with van der Waals surface area (Å²) < 4.78 is 5.41. The number of hydrogen-bond acceptors (Lipinski definition) is 6. The summed E-state index contributed by atoms with van der Waals surface area (Å²) in [5.74, 6) is 0.984. The number of ether oxygens (including phenoxy) is 1. The number of nitrogen functional groups attached to an aromatic ring is 1. The van der Waals surface area contributed by atoms with E-state index < -0.39 is 0 Å². The molecule has 1 heterocycles. The van der Waals surface area contributed by atoms with Crippen molar-refractivity contribution in [3.8, 4) is 6.01 Å². The lowest BCUT2D eigenvalue weighted by atomic mass is 10.1. The minimum absolute atomic E-state index is 0.194. The molecule has 0 aliphatic heterocycles. The van der Waals surface area contributed by atoms with E-state index >= 15 is 0 Å². The minimum atomic E-state index is 0.194. The zero-order valence-corrected chi connectivity index (χ0v) is 13.4. The fourth-order valence-electron chi connectivity index (χ4n) is 1.98. The molecule has 0 aliphatic rings. The van der Waals surface area contributed by atoms with Gasteiger partial charge in [-0.2, -0.15) is 15.0 Å². The van der Waals surface area contributed by atoms with Gasteiger partial charge in [0.05, 0.1) is 6.61 Å². The van der Waals surface area contributed by atoms with Gasteiger partial charge in [-0.05, 0) is 25.8 Å². The maximum atomic E-state index is 5.69. The van der Waals surface area contributed by atoms with Crippen LogP contribution < -0.4 is 10.5 Å². The summed E-state index contributed by atoms with van der Waals surface area (Å²) in [6.45, 7) is 6.79. The van der Waals surface area contributed by atoms with Crippen molar-refractivity contribution in [1.82, 2.24) is 15.0 Å². The summed E-state index contributed by atoms with van der Waals surface area (Å²) in [5, 5.41) is 0.591. The lowest BCUT2D eigenvalue weighted by molar-refractivity contribution is 0.288. The average molecular weight is 304 g/mol. The molecule has 0 unspecified atom stereocenters. The second kappa shape index (κ2) is 7.26. The highest BCUT2D eigenvalue weighted by atomic mass is 32.2. The molecule has 2 aromatic rings. The lowest BCUT2D eigenvalue weighted by Crippen LogP contribution is -2.05. The standard InChI is InChI=1S/C15H20N4OS/c1-4-5-20-14-17-13(16)18-15(19-14)21-9-12-7-10(2)6-11(3)8-12/h6-8H,4-5,9H2,1-3H3,(H2,16,17,18,19). The van der Waals surface area contributed by atoms with Crippen LogP contribution in [0, 0.1) is 13.8 Å². The molecule has 6 heteroatoms. The zero-order chi connectivity index (χ0) is 15.2. The minimum Gasteiger partial charge on any atom is -0.463 e. The van der Waals surface area contributed by atoms with Crippen LogP contribution in [0.1, 0.15) is 30.0 Å². The van der Waals surface area contributed by atoms with Crippen LogP contribution >= 0.6 is 11.8 Å². The van der Waals surface area contributed by atoms with E-state index in [9.17, 15) is 0 Å². The average Bonchev–Trinajstić information content (AvgIpc) is 2.41. The summed E-state index contributed by atoms with van der Waals surface area (Å²) in [6.07, 6.45) is 0.899. The molecule has 1 aromatic heterocycles. The molecule has 2 rings (SSSR count). The Hall–Kier alpha value is -1.82. The van der Waals surface area contributed by atoms with Gasteiger partial charge in [0.1, 0.15) is 0 Å². The van der Waals surface area contributed by atoms with Crippen LogP contribution in [0.5, 0.6) is 6.01 Å². The Morgan fingerprint density at radius 3 is 2.48 bits per heavy atom. The van der Waals surface area contributed by atoms with Crippen LogP contribution in [0.15, 0.2) is 23.4 Å². The Labute approximate surface area is 129 Å². The monoisotopic (exact) mass is 304 g/mol. The number of aromatic nitrogens is 3. The predicted molar refractivity (Wildman–Crippen MR) is 85.5 cm³/mol. The van der Waals surface area contributed by atoms with E-state index in [4.69, 9.17) is 10.5 Å². The topological polar surface area (TPSA) is 73.9 Å². The van der Waals surface area contributed by atoms with Crippen LogP contribution in [-0.2, 0) is 5.75 Å². The first-order valence-corrected chi connectivity index (χ1v) is 7.89. The number of nitrogens with zero attached hydrogens (tertiary/aromatic N) is 3. The van der Waals surface area contributed by atoms with Crippen LogP contribution in [0.2, 0.25) is 0 Å². The maximum Gasteiger partial charge on any atom is 0.322 e. The molecule has 112 valence electrons. The van der Waals surface area contributed by atoms with Gasteiger partial charge in [-0.3, -0.25) is 0 Å². The first-order valence-electron chi connectivity index (χ1n) is 6.91. The molecule has 21 heavy (non-hydrogen) atoms. The molecule has 0 bridgehead atoms. The Morgan fingerprint density at radius 1 is 1.10 bits per heavy atom. The van der Waals surface area contributed by atoms with Gasteiger partial charge >= 0.3 is 6.01 Å². The molecule has 0 radical (unpaired) electrons. The van der Waals surface area contributed by atoms with E-state index in [1.807, 2.05) is 6.92 Å². The molecule has 0 amide bonds. The van der Waals surface area contributed by atoms with Crippen LogP contribution in [0.3, 0.4) is 0 Å². The van der Waals surface area contributed by atoms with Crippen molar-refractivity contribution in [3.05, 3.63) is 34.9 Å². The molecule has 0 saturated heterocycles. The van der Waals surface area contributed by atoms with Crippen LogP contribution in [-0.4, -0.2) is 21.6 Å². The number of thioether (sulfide) groups is 1. The Balaban J connectivity index is 2.06. The molecule has 0 aliphatic carbocycles. The highest BCUT2D eigenvalue weighted by molar-refractivity contribution is 7.98. The van der Waals surface area contributed by atoms with Gasteiger partial charge in [0.15, 0.2) is 5.16 Å². The quantitative estimate of drug-likeness (QED) is 0.826. The highest BCUT2D eigenvalue weighted by Gasteiger charge is 2.07. The summed E-state index contributed by atoms with van der Waals surface area (Å²) in [6, 6.07) is 6.79. The Bertz CT molecular complexity index is 598. The number of hydrogen-bond donors (Lipinski definition) is 1. The first-order chi connectivity index (χ1) is 10.1. The summed E-state index contributed by atoms with van der Waals surface area (Å²) in [7, 11) is 0. The summed E-state index contributed by atoms with van der Waals surface area (Å²) in [5.41, 5.74) is 9.45. The number of nitrogens with two attached hydrogens (primary N) is 1. The summed E-state index contributed by atoms with van der Waals surface area (Å²) in [4.78, 5) is 12.4. The first kappa shape index (κ1) is 15.6. The Kier molecular flexibility index (Phi) is 5.38. The second-order valence-electron chi connectivity index (χ2n) is 4.89. The largest absolute Gasteiger partial charge is 0.463 e.